The molecule has 0 aliphatic carbocycles. The molecule has 50 valence electrons. The fraction of sp³-hybridized carbons (Fsp3) is 0.400. The molecule has 0 saturated carbocycles. The van der Waals surface area contributed by atoms with Gasteiger partial charge in [-0.15, -0.1) is 0 Å². The average Bonchev–Trinajstić information content (AvgIpc) is 2.10. The number of aliphatic hydroxyl groups excluding tert-OH is 1. The first kappa shape index (κ1) is 6.10. The van der Waals surface area contributed by atoms with Crippen molar-refractivity contribution >= 4 is 0 Å². The molecule has 0 radical (unpaired) electrons. The van der Waals surface area contributed by atoms with E-state index in [0.29, 0.717) is 5.69 Å². The second-order valence-electron chi connectivity index (χ2n) is 1.83. The summed E-state index contributed by atoms with van der Waals surface area (Å²) in [4.78, 5) is 10.5. The van der Waals surface area contributed by atoms with Crippen molar-refractivity contribution in [1.29, 1.82) is 0 Å². The zero-order chi connectivity index (χ0) is 6.85. The third kappa shape index (κ3) is 1.02. The van der Waals surface area contributed by atoms with Crippen molar-refractivity contribution in [1.82, 2.24) is 9.78 Å². The number of aliphatic hydroxyl groups is 1. The lowest BCUT2D eigenvalue weighted by Gasteiger charge is -1.93. The number of nitrogens with zero attached hydrogens (tertiary/aromatic N) is 1. The van der Waals surface area contributed by atoms with Gasteiger partial charge in [0.1, 0.15) is 0 Å². The fourth-order valence-corrected chi connectivity index (χ4v) is 0.669. The quantitative estimate of drug-likeness (QED) is 0.520. The Balaban J connectivity index is 3.16. The summed E-state index contributed by atoms with van der Waals surface area (Å²) in [5.41, 5.74) is 0.418. The van der Waals surface area contributed by atoms with Gasteiger partial charge in [0.05, 0.1) is 12.3 Å². The molecular weight excluding hydrogens is 120 g/mol. The van der Waals surface area contributed by atoms with Crippen LogP contribution in [0.25, 0.3) is 0 Å². The van der Waals surface area contributed by atoms with Gasteiger partial charge >= 0.3 is 0 Å². The number of aryl methyl sites for hydroxylation is 1. The highest BCUT2D eigenvalue weighted by Crippen LogP contribution is 1.88. The molecule has 0 aliphatic rings. The summed E-state index contributed by atoms with van der Waals surface area (Å²) in [6.07, 6.45) is 0. The molecule has 4 nitrogen and oxygen atoms in total. The maximum absolute atomic E-state index is 10.5. The molecule has 9 heavy (non-hydrogen) atoms. The summed E-state index contributed by atoms with van der Waals surface area (Å²) in [6.45, 7) is -0.102. The Kier molecular flexibility index (Phi) is 1.40. The normalized spacial score (nSPS) is 10.0. The lowest BCUT2D eigenvalue weighted by Crippen LogP contribution is -2.01. The SMILES string of the molecule is Cn1[nH]c(=O)cc1CO. The van der Waals surface area contributed by atoms with Gasteiger partial charge in [-0.05, 0) is 0 Å². The van der Waals surface area contributed by atoms with Gasteiger partial charge in [-0.25, -0.2) is 0 Å². The minimum Gasteiger partial charge on any atom is -0.390 e. The molecule has 2 N–H and O–H groups in total. The van der Waals surface area contributed by atoms with Crippen LogP contribution in [0.2, 0.25) is 0 Å². The van der Waals surface area contributed by atoms with E-state index in [4.69, 9.17) is 5.11 Å². The Morgan fingerprint density at radius 2 is 2.56 bits per heavy atom. The molecule has 0 unspecified atom stereocenters. The molecule has 1 aromatic heterocycles. The smallest absolute Gasteiger partial charge is 0.264 e. The van der Waals surface area contributed by atoms with E-state index in [9.17, 15) is 4.79 Å². The number of H-pyrrole nitrogens is 1. The summed E-state index contributed by atoms with van der Waals surface area (Å²) in [5, 5.41) is 11.0. The summed E-state index contributed by atoms with van der Waals surface area (Å²) < 4.78 is 1.49. The van der Waals surface area contributed by atoms with Gasteiger partial charge in [0.15, 0.2) is 0 Å². The van der Waals surface area contributed by atoms with E-state index >= 15 is 0 Å². The zero-order valence-electron chi connectivity index (χ0n) is 5.09. The molecule has 0 aromatic carbocycles. The van der Waals surface area contributed by atoms with E-state index in [2.05, 4.69) is 5.10 Å². The monoisotopic (exact) mass is 128 g/mol. The molecule has 0 spiro atoms. The Hall–Kier alpha value is -1.03. The number of rotatable bonds is 1. The predicted molar refractivity (Wildman–Crippen MR) is 32.0 cm³/mol. The highest BCUT2D eigenvalue weighted by atomic mass is 16.3. The van der Waals surface area contributed by atoms with E-state index in [0.717, 1.165) is 0 Å². The molecule has 0 aliphatic heterocycles. The van der Waals surface area contributed by atoms with Crippen LogP contribution in [0.3, 0.4) is 0 Å². The van der Waals surface area contributed by atoms with Crippen molar-refractivity contribution in [3.05, 3.63) is 22.1 Å². The Morgan fingerprint density at radius 1 is 1.89 bits per heavy atom. The van der Waals surface area contributed by atoms with Crippen LogP contribution in [0.1, 0.15) is 5.69 Å². The van der Waals surface area contributed by atoms with Crippen LogP contribution in [-0.2, 0) is 13.7 Å². The molecule has 0 atom stereocenters. The number of hydrogen-bond donors (Lipinski definition) is 2. The van der Waals surface area contributed by atoms with Crippen LogP contribution in [0.4, 0.5) is 0 Å². The number of hydrogen-bond acceptors (Lipinski definition) is 2. The number of aromatic nitrogens is 2. The average molecular weight is 128 g/mol. The molecule has 0 bridgehead atoms. The van der Waals surface area contributed by atoms with Crippen LogP contribution < -0.4 is 5.56 Å². The molecule has 1 aromatic rings. The molecule has 1 heterocycles. The van der Waals surface area contributed by atoms with Crippen LogP contribution in [0.5, 0.6) is 0 Å². The Bertz CT molecular complexity index is 248. The van der Waals surface area contributed by atoms with Crippen LogP contribution >= 0.6 is 0 Å². The Morgan fingerprint density at radius 3 is 2.78 bits per heavy atom. The summed E-state index contributed by atoms with van der Waals surface area (Å²) in [7, 11) is 1.67. The van der Waals surface area contributed by atoms with Crippen molar-refractivity contribution in [3.8, 4) is 0 Å². The van der Waals surface area contributed by atoms with Gasteiger partial charge in [0.2, 0.25) is 0 Å². The minimum atomic E-state index is -0.179. The lowest BCUT2D eigenvalue weighted by molar-refractivity contribution is 0.270. The van der Waals surface area contributed by atoms with Crippen LogP contribution in [0.15, 0.2) is 10.9 Å². The van der Waals surface area contributed by atoms with Crippen molar-refractivity contribution in [3.63, 3.8) is 0 Å². The first-order valence-corrected chi connectivity index (χ1v) is 2.60. The number of nitrogens with one attached hydrogen (secondary N) is 1. The summed E-state index contributed by atoms with van der Waals surface area (Å²) >= 11 is 0. The van der Waals surface area contributed by atoms with Gasteiger partial charge in [0.25, 0.3) is 5.56 Å². The van der Waals surface area contributed by atoms with Crippen molar-refractivity contribution in [2.24, 2.45) is 7.05 Å². The van der Waals surface area contributed by atoms with Gasteiger partial charge < -0.3 is 5.11 Å². The summed E-state index contributed by atoms with van der Waals surface area (Å²) in [5.74, 6) is 0. The highest BCUT2D eigenvalue weighted by molar-refractivity contribution is 4.97. The van der Waals surface area contributed by atoms with E-state index in [1.165, 1.54) is 10.7 Å². The van der Waals surface area contributed by atoms with E-state index in [-0.39, 0.29) is 12.2 Å². The van der Waals surface area contributed by atoms with E-state index < -0.39 is 0 Å². The highest BCUT2D eigenvalue weighted by Gasteiger charge is 1.95. The maximum Gasteiger partial charge on any atom is 0.264 e. The fourth-order valence-electron chi connectivity index (χ4n) is 0.669. The predicted octanol–water partition coefficient (Wildman–Crippen LogP) is -0.794. The largest absolute Gasteiger partial charge is 0.390 e. The van der Waals surface area contributed by atoms with E-state index in [1.807, 2.05) is 0 Å². The standard InChI is InChI=1S/C5H8N2O2/c1-7-4(3-8)2-5(9)6-7/h2,8H,3H2,1H3,(H,6,9). The lowest BCUT2D eigenvalue weighted by atomic mass is 10.5. The van der Waals surface area contributed by atoms with Gasteiger partial charge in [-0.1, -0.05) is 0 Å². The summed E-state index contributed by atoms with van der Waals surface area (Å²) in [6, 6.07) is 1.36. The van der Waals surface area contributed by atoms with Crippen molar-refractivity contribution in [2.75, 3.05) is 0 Å². The molecule has 4 heteroatoms. The van der Waals surface area contributed by atoms with E-state index in [1.54, 1.807) is 7.05 Å². The van der Waals surface area contributed by atoms with Crippen molar-refractivity contribution < 1.29 is 5.11 Å². The molecular formula is C5H8N2O2. The maximum atomic E-state index is 10.5. The second-order valence-corrected chi connectivity index (χ2v) is 1.83. The topological polar surface area (TPSA) is 58.0 Å². The third-order valence-electron chi connectivity index (χ3n) is 1.17. The molecule has 0 saturated heterocycles. The molecule has 0 amide bonds. The van der Waals surface area contributed by atoms with Gasteiger partial charge in [-0.3, -0.25) is 14.6 Å². The second kappa shape index (κ2) is 2.06. The van der Waals surface area contributed by atoms with Crippen LogP contribution in [-0.4, -0.2) is 14.9 Å². The van der Waals surface area contributed by atoms with Crippen LogP contribution in [0, 0.1) is 0 Å². The minimum absolute atomic E-state index is 0.102. The van der Waals surface area contributed by atoms with Gasteiger partial charge in [0, 0.05) is 13.1 Å². The number of aromatic amines is 1. The Labute approximate surface area is 51.7 Å². The molecule has 0 fully saturated rings. The first-order valence-electron chi connectivity index (χ1n) is 2.60. The zero-order valence-corrected chi connectivity index (χ0v) is 5.09. The van der Waals surface area contributed by atoms with Gasteiger partial charge in [-0.2, -0.15) is 0 Å². The molecule has 1 rings (SSSR count). The van der Waals surface area contributed by atoms with Crippen molar-refractivity contribution in [2.45, 2.75) is 6.61 Å². The third-order valence-corrected chi connectivity index (χ3v) is 1.17. The first-order chi connectivity index (χ1) is 4.24.